The number of hydrogen-bond acceptors (Lipinski definition) is 6. The van der Waals surface area contributed by atoms with E-state index in [1.165, 1.54) is 6.07 Å². The van der Waals surface area contributed by atoms with Crippen LogP contribution in [0, 0.1) is 18.6 Å². The lowest BCUT2D eigenvalue weighted by Crippen LogP contribution is -2.44. The molecular weight excluding hydrogens is 404 g/mol. The Morgan fingerprint density at radius 2 is 2.00 bits per heavy atom. The van der Waals surface area contributed by atoms with Crippen LogP contribution in [0.5, 0.6) is 0 Å². The van der Waals surface area contributed by atoms with Crippen LogP contribution in [0.3, 0.4) is 0 Å². The number of carbonyl (C=O) groups excluding carboxylic acids is 1. The number of aromatic nitrogens is 4. The van der Waals surface area contributed by atoms with Crippen molar-refractivity contribution >= 4 is 23.4 Å². The van der Waals surface area contributed by atoms with Gasteiger partial charge in [-0.1, -0.05) is 6.07 Å². The quantitative estimate of drug-likeness (QED) is 0.629. The first-order valence-corrected chi connectivity index (χ1v) is 9.93. The van der Waals surface area contributed by atoms with E-state index in [0.29, 0.717) is 48.2 Å². The van der Waals surface area contributed by atoms with Crippen LogP contribution < -0.4 is 15.5 Å². The zero-order chi connectivity index (χ0) is 22.1. The molecule has 1 aliphatic rings. The van der Waals surface area contributed by atoms with Crippen molar-refractivity contribution in [3.63, 3.8) is 0 Å². The largest absolute Gasteiger partial charge is 0.350 e. The lowest BCUT2D eigenvalue weighted by Gasteiger charge is -2.32. The molecule has 31 heavy (non-hydrogen) atoms. The Morgan fingerprint density at radius 1 is 1.19 bits per heavy atom. The van der Waals surface area contributed by atoms with Gasteiger partial charge in [0.2, 0.25) is 11.9 Å². The van der Waals surface area contributed by atoms with Crippen molar-refractivity contribution in [2.24, 2.45) is 0 Å². The van der Waals surface area contributed by atoms with E-state index in [9.17, 15) is 13.6 Å². The smallest absolute Gasteiger partial charge is 0.246 e. The van der Waals surface area contributed by atoms with Gasteiger partial charge in [-0.15, -0.1) is 0 Å². The second kappa shape index (κ2) is 8.29. The summed E-state index contributed by atoms with van der Waals surface area (Å²) >= 11 is 0. The normalized spacial score (nSPS) is 15.6. The lowest BCUT2D eigenvalue weighted by atomic mass is 10.1. The van der Waals surface area contributed by atoms with Gasteiger partial charge in [-0.3, -0.25) is 9.48 Å². The molecule has 0 aliphatic carbocycles. The number of rotatable bonds is 6. The van der Waals surface area contributed by atoms with Crippen molar-refractivity contribution in [1.82, 2.24) is 19.7 Å². The Morgan fingerprint density at radius 3 is 2.77 bits per heavy atom. The number of nitrogens with one attached hydrogen (secondary N) is 2. The highest BCUT2D eigenvalue weighted by atomic mass is 19.2. The summed E-state index contributed by atoms with van der Waals surface area (Å²) in [7, 11) is 1.83. The number of amides is 1. The van der Waals surface area contributed by atoms with Crippen LogP contribution in [0.25, 0.3) is 0 Å². The van der Waals surface area contributed by atoms with Crippen molar-refractivity contribution in [2.45, 2.75) is 39.4 Å². The summed E-state index contributed by atoms with van der Waals surface area (Å²) < 4.78 is 28.1. The maximum Gasteiger partial charge on any atom is 0.246 e. The van der Waals surface area contributed by atoms with Crippen LogP contribution in [0.4, 0.5) is 26.2 Å². The molecule has 1 amide bonds. The summed E-state index contributed by atoms with van der Waals surface area (Å²) in [6.07, 6.45) is 4.15. The van der Waals surface area contributed by atoms with E-state index in [0.717, 1.165) is 11.6 Å². The molecule has 0 fully saturated rings. The van der Waals surface area contributed by atoms with Gasteiger partial charge in [0.25, 0.3) is 0 Å². The van der Waals surface area contributed by atoms with Gasteiger partial charge in [-0.2, -0.15) is 10.1 Å². The fourth-order valence-electron chi connectivity index (χ4n) is 3.37. The fraction of sp³-hybridized carbons (Fsp3) is 0.333. The highest BCUT2D eigenvalue weighted by molar-refractivity contribution is 6.03. The van der Waals surface area contributed by atoms with Gasteiger partial charge < -0.3 is 15.5 Å². The molecule has 10 heteroatoms. The first-order chi connectivity index (χ1) is 14.8. The van der Waals surface area contributed by atoms with Crippen molar-refractivity contribution in [1.29, 1.82) is 0 Å². The molecule has 1 aliphatic heterocycles. The minimum absolute atomic E-state index is 0.0850. The van der Waals surface area contributed by atoms with Crippen LogP contribution in [0.2, 0.25) is 0 Å². The number of fused-ring (bicyclic) bond motifs is 1. The maximum atomic E-state index is 13.3. The number of carbonyl (C=O) groups is 1. The molecule has 3 heterocycles. The summed E-state index contributed by atoms with van der Waals surface area (Å²) in [6.45, 7) is 4.65. The summed E-state index contributed by atoms with van der Waals surface area (Å²) in [5, 5.41) is 10.4. The number of nitrogens with zero attached hydrogens (tertiary/aromatic N) is 5. The van der Waals surface area contributed by atoms with Gasteiger partial charge >= 0.3 is 0 Å². The van der Waals surface area contributed by atoms with E-state index in [-0.39, 0.29) is 11.9 Å². The van der Waals surface area contributed by atoms with Crippen LogP contribution in [0.15, 0.2) is 30.6 Å². The molecule has 0 radical (unpaired) electrons. The van der Waals surface area contributed by atoms with Crippen LogP contribution in [0.1, 0.15) is 23.7 Å². The van der Waals surface area contributed by atoms with Gasteiger partial charge in [0.05, 0.1) is 11.9 Å². The van der Waals surface area contributed by atoms with Gasteiger partial charge in [0, 0.05) is 31.9 Å². The molecule has 2 aromatic heterocycles. The monoisotopic (exact) mass is 427 g/mol. The summed E-state index contributed by atoms with van der Waals surface area (Å²) in [5.74, 6) is -0.648. The Kier molecular flexibility index (Phi) is 5.53. The lowest BCUT2D eigenvalue weighted by molar-refractivity contribution is -0.117. The second-order valence-corrected chi connectivity index (χ2v) is 7.57. The van der Waals surface area contributed by atoms with E-state index in [1.54, 1.807) is 16.9 Å². The van der Waals surface area contributed by atoms with Crippen LogP contribution in [-0.4, -0.2) is 38.7 Å². The highest BCUT2D eigenvalue weighted by Gasteiger charge is 2.30. The fourth-order valence-corrected chi connectivity index (χ4v) is 3.37. The SMILES string of the molecule is Cc1nc(NCc2cnn(CCc3ccc(F)c(F)c3)c2)nc2c1NC(=O)[C@H](C)N2C. The molecule has 162 valence electrons. The van der Waals surface area contributed by atoms with Gasteiger partial charge in [0.1, 0.15) is 11.7 Å². The number of likely N-dealkylation sites (N-methyl/N-ethyl adjacent to an activating group) is 1. The van der Waals surface area contributed by atoms with E-state index in [1.807, 2.05) is 32.0 Å². The third-order valence-corrected chi connectivity index (χ3v) is 5.36. The van der Waals surface area contributed by atoms with Crippen LogP contribution in [-0.2, 0) is 24.3 Å². The molecule has 1 atom stereocenters. The standard InChI is InChI=1S/C21H23F2N7O/c1-12-18-19(29(3)13(2)20(31)27-18)28-21(26-12)24-9-15-10-25-30(11-15)7-6-14-4-5-16(22)17(23)8-14/h4-5,8,10-11,13H,6-7,9H2,1-3H3,(H,27,31)(H,24,26,28)/t13-/m0/s1. The van der Waals surface area contributed by atoms with E-state index in [2.05, 4.69) is 25.7 Å². The Hall–Kier alpha value is -3.56. The topological polar surface area (TPSA) is 88.0 Å². The molecule has 0 bridgehead atoms. The van der Waals surface area contributed by atoms with Gasteiger partial charge in [-0.25, -0.2) is 13.8 Å². The zero-order valence-electron chi connectivity index (χ0n) is 17.5. The number of hydrogen-bond donors (Lipinski definition) is 2. The molecule has 0 spiro atoms. The third-order valence-electron chi connectivity index (χ3n) is 5.36. The Balaban J connectivity index is 1.39. The molecule has 3 aromatic rings. The average molecular weight is 427 g/mol. The van der Waals surface area contributed by atoms with E-state index < -0.39 is 11.6 Å². The number of aryl methyl sites for hydroxylation is 3. The molecule has 4 rings (SSSR count). The number of benzene rings is 1. The average Bonchev–Trinajstić information content (AvgIpc) is 3.20. The van der Waals surface area contributed by atoms with Crippen LogP contribution >= 0.6 is 0 Å². The Labute approximate surface area is 178 Å². The highest BCUT2D eigenvalue weighted by Crippen LogP contribution is 2.32. The minimum atomic E-state index is -0.848. The molecule has 2 N–H and O–H groups in total. The molecule has 0 unspecified atom stereocenters. The summed E-state index contributed by atoms with van der Waals surface area (Å²) in [4.78, 5) is 22.8. The predicted octanol–water partition coefficient (Wildman–Crippen LogP) is 2.89. The Bertz CT molecular complexity index is 1130. The first kappa shape index (κ1) is 20.7. The molecular formula is C21H23F2N7O. The van der Waals surface area contributed by atoms with Crippen molar-refractivity contribution < 1.29 is 13.6 Å². The van der Waals surface area contributed by atoms with Crippen molar-refractivity contribution in [3.8, 4) is 0 Å². The zero-order valence-corrected chi connectivity index (χ0v) is 17.5. The summed E-state index contributed by atoms with van der Waals surface area (Å²) in [5.41, 5.74) is 2.94. The van der Waals surface area contributed by atoms with E-state index in [4.69, 9.17) is 0 Å². The number of halogens is 2. The summed E-state index contributed by atoms with van der Waals surface area (Å²) in [6, 6.07) is 3.59. The van der Waals surface area contributed by atoms with Crippen molar-refractivity contribution in [2.75, 3.05) is 22.6 Å². The van der Waals surface area contributed by atoms with Crippen molar-refractivity contribution in [3.05, 3.63) is 59.0 Å². The minimum Gasteiger partial charge on any atom is -0.350 e. The molecule has 8 nitrogen and oxygen atoms in total. The number of anilines is 3. The van der Waals surface area contributed by atoms with Gasteiger partial charge in [0.15, 0.2) is 17.5 Å². The second-order valence-electron chi connectivity index (χ2n) is 7.57. The van der Waals surface area contributed by atoms with Gasteiger partial charge in [-0.05, 0) is 38.0 Å². The molecule has 0 saturated carbocycles. The molecule has 0 saturated heterocycles. The first-order valence-electron chi connectivity index (χ1n) is 9.93. The predicted molar refractivity (Wildman–Crippen MR) is 113 cm³/mol. The molecule has 1 aromatic carbocycles. The maximum absolute atomic E-state index is 13.3. The van der Waals surface area contributed by atoms with E-state index >= 15 is 0 Å². The third kappa shape index (κ3) is 4.32.